The topological polar surface area (TPSA) is 73.8 Å². The Kier molecular flexibility index (Phi) is 9.97. The van der Waals surface area contributed by atoms with E-state index in [1.165, 1.54) is 4.88 Å². The first-order valence-corrected chi connectivity index (χ1v) is 11.1. The van der Waals surface area contributed by atoms with Gasteiger partial charge in [-0.25, -0.2) is 8.42 Å². The van der Waals surface area contributed by atoms with Crippen molar-refractivity contribution in [3.63, 3.8) is 0 Å². The second kappa shape index (κ2) is 11.0. The summed E-state index contributed by atoms with van der Waals surface area (Å²) in [5.41, 5.74) is -5.24. The van der Waals surface area contributed by atoms with Gasteiger partial charge in [-0.15, -0.1) is 35.3 Å². The lowest BCUT2D eigenvalue weighted by Crippen LogP contribution is -2.45. The molecule has 1 aliphatic rings. The second-order valence-corrected chi connectivity index (χ2v) is 9.30. The number of hydrogen-bond donors (Lipinski definition) is 2. The molecule has 6 nitrogen and oxygen atoms in total. The molecule has 0 aromatic carbocycles. The standard InChI is InChI=1S/C16H25F3N4O2S2.HI/c1-3-20-15(22-12(2)14-5-4-10-26-14)21-11-13-6-8-23(9-7-13)27(24,25)16(17,18)19;/h4-5,10,12-13H,3,6-9,11H2,1-2H3,(H2,20,21,22);1H. The van der Waals surface area contributed by atoms with Gasteiger partial charge in [0.15, 0.2) is 5.96 Å². The van der Waals surface area contributed by atoms with Gasteiger partial charge >= 0.3 is 15.5 Å². The highest BCUT2D eigenvalue weighted by atomic mass is 127. The summed E-state index contributed by atoms with van der Waals surface area (Å²) in [5.74, 6) is 0.695. The molecule has 0 bridgehead atoms. The van der Waals surface area contributed by atoms with E-state index in [2.05, 4.69) is 15.6 Å². The van der Waals surface area contributed by atoms with Crippen LogP contribution in [-0.2, 0) is 10.0 Å². The number of thiophene rings is 1. The normalized spacial score (nSPS) is 18.4. The summed E-state index contributed by atoms with van der Waals surface area (Å²) in [7, 11) is -5.23. The first kappa shape index (κ1) is 25.4. The zero-order valence-electron chi connectivity index (χ0n) is 15.7. The van der Waals surface area contributed by atoms with Crippen LogP contribution in [0, 0.1) is 5.92 Å². The Hall–Kier alpha value is -0.600. The summed E-state index contributed by atoms with van der Waals surface area (Å²) in [4.78, 5) is 5.70. The molecule has 1 atom stereocenters. The van der Waals surface area contributed by atoms with Gasteiger partial charge in [-0.1, -0.05) is 6.07 Å². The lowest BCUT2D eigenvalue weighted by Gasteiger charge is -2.31. The van der Waals surface area contributed by atoms with Crippen LogP contribution in [0.1, 0.15) is 37.6 Å². The van der Waals surface area contributed by atoms with Crippen molar-refractivity contribution in [2.24, 2.45) is 10.9 Å². The van der Waals surface area contributed by atoms with E-state index in [4.69, 9.17) is 0 Å². The Balaban J connectivity index is 0.00000392. The first-order valence-electron chi connectivity index (χ1n) is 8.79. The largest absolute Gasteiger partial charge is 0.511 e. The summed E-state index contributed by atoms with van der Waals surface area (Å²) >= 11 is 1.64. The Labute approximate surface area is 185 Å². The molecule has 1 saturated heterocycles. The molecule has 1 aliphatic heterocycles. The van der Waals surface area contributed by atoms with Crippen molar-refractivity contribution in [3.8, 4) is 0 Å². The third-order valence-corrected chi connectivity index (χ3v) is 7.07. The summed E-state index contributed by atoms with van der Waals surface area (Å²) in [6, 6.07) is 4.09. The van der Waals surface area contributed by atoms with E-state index in [0.717, 1.165) is 0 Å². The van der Waals surface area contributed by atoms with Gasteiger partial charge in [0.25, 0.3) is 0 Å². The molecule has 0 amide bonds. The third-order valence-electron chi connectivity index (χ3n) is 4.38. The molecule has 0 saturated carbocycles. The van der Waals surface area contributed by atoms with E-state index in [1.807, 2.05) is 31.4 Å². The maximum Gasteiger partial charge on any atom is 0.511 e. The lowest BCUT2D eigenvalue weighted by atomic mass is 9.98. The summed E-state index contributed by atoms with van der Waals surface area (Å²) in [5, 5.41) is 8.46. The molecular formula is C16H26F3IN4O2S2. The average Bonchev–Trinajstić information content (AvgIpc) is 3.14. The van der Waals surface area contributed by atoms with Gasteiger partial charge in [-0.05, 0) is 44.1 Å². The molecule has 1 fully saturated rings. The Morgan fingerprint density at radius 2 is 2.04 bits per heavy atom. The molecule has 2 heterocycles. The minimum atomic E-state index is -5.24. The van der Waals surface area contributed by atoms with Gasteiger partial charge in [0.1, 0.15) is 0 Å². The summed E-state index contributed by atoms with van der Waals surface area (Å²) in [6.07, 6.45) is 0.720. The van der Waals surface area contributed by atoms with Crippen molar-refractivity contribution >= 4 is 51.3 Å². The molecule has 2 rings (SSSR count). The molecule has 1 aromatic rings. The number of guanidine groups is 1. The minimum absolute atomic E-state index is 0. The Morgan fingerprint density at radius 3 is 2.54 bits per heavy atom. The van der Waals surface area contributed by atoms with E-state index < -0.39 is 15.5 Å². The average molecular weight is 554 g/mol. The van der Waals surface area contributed by atoms with E-state index >= 15 is 0 Å². The molecule has 1 unspecified atom stereocenters. The number of sulfonamides is 1. The molecular weight excluding hydrogens is 528 g/mol. The summed E-state index contributed by atoms with van der Waals surface area (Å²) in [6.45, 7) is 4.85. The number of alkyl halides is 3. The Morgan fingerprint density at radius 1 is 1.39 bits per heavy atom. The summed E-state index contributed by atoms with van der Waals surface area (Å²) < 4.78 is 61.3. The van der Waals surface area contributed by atoms with E-state index in [-0.39, 0.29) is 49.0 Å². The number of nitrogens with zero attached hydrogens (tertiary/aromatic N) is 2. The van der Waals surface area contributed by atoms with Gasteiger partial charge in [-0.2, -0.15) is 17.5 Å². The number of piperidine rings is 1. The van der Waals surface area contributed by atoms with Crippen LogP contribution in [0.15, 0.2) is 22.5 Å². The Bertz CT molecular complexity index is 719. The fourth-order valence-corrected chi connectivity index (χ4v) is 4.55. The fourth-order valence-electron chi connectivity index (χ4n) is 2.83. The number of rotatable bonds is 6. The molecule has 1 aromatic heterocycles. The highest BCUT2D eigenvalue weighted by Crippen LogP contribution is 2.30. The van der Waals surface area contributed by atoms with Crippen molar-refractivity contribution in [2.75, 3.05) is 26.2 Å². The van der Waals surface area contributed by atoms with E-state index in [0.29, 0.717) is 36.2 Å². The van der Waals surface area contributed by atoms with Crippen LogP contribution >= 0.6 is 35.3 Å². The van der Waals surface area contributed by atoms with Crippen LogP contribution in [0.5, 0.6) is 0 Å². The van der Waals surface area contributed by atoms with E-state index in [1.54, 1.807) is 11.3 Å². The highest BCUT2D eigenvalue weighted by molar-refractivity contribution is 14.0. The predicted octanol–water partition coefficient (Wildman–Crippen LogP) is 3.54. The van der Waals surface area contributed by atoms with Gasteiger partial charge < -0.3 is 10.6 Å². The SMILES string of the molecule is CCNC(=NCC1CCN(S(=O)(=O)C(F)(F)F)CC1)NC(C)c1cccs1.I. The minimum Gasteiger partial charge on any atom is -0.357 e. The predicted molar refractivity (Wildman–Crippen MR) is 117 cm³/mol. The van der Waals surface area contributed by atoms with Crippen LogP contribution in [0.4, 0.5) is 13.2 Å². The van der Waals surface area contributed by atoms with Gasteiger partial charge in [0.2, 0.25) is 0 Å². The molecule has 2 N–H and O–H groups in total. The number of halogens is 4. The van der Waals surface area contributed by atoms with Crippen LogP contribution < -0.4 is 10.6 Å². The van der Waals surface area contributed by atoms with Crippen LogP contribution in [0.2, 0.25) is 0 Å². The maximum absolute atomic E-state index is 12.6. The van der Waals surface area contributed by atoms with Crippen molar-refractivity contribution in [3.05, 3.63) is 22.4 Å². The van der Waals surface area contributed by atoms with Crippen molar-refractivity contribution in [2.45, 2.75) is 38.2 Å². The molecule has 162 valence electrons. The number of aliphatic imine (C=N–C) groups is 1. The molecule has 0 radical (unpaired) electrons. The molecule has 0 spiro atoms. The monoisotopic (exact) mass is 554 g/mol. The smallest absolute Gasteiger partial charge is 0.357 e. The zero-order chi connectivity index (χ0) is 20.1. The third kappa shape index (κ3) is 6.73. The quantitative estimate of drug-likeness (QED) is 0.321. The zero-order valence-corrected chi connectivity index (χ0v) is 19.7. The van der Waals surface area contributed by atoms with Crippen molar-refractivity contribution in [1.29, 1.82) is 0 Å². The lowest BCUT2D eigenvalue weighted by molar-refractivity contribution is -0.0496. The van der Waals surface area contributed by atoms with Crippen molar-refractivity contribution in [1.82, 2.24) is 14.9 Å². The number of hydrogen-bond acceptors (Lipinski definition) is 4. The van der Waals surface area contributed by atoms with Crippen LogP contribution in [0.3, 0.4) is 0 Å². The van der Waals surface area contributed by atoms with Crippen molar-refractivity contribution < 1.29 is 21.6 Å². The molecule has 28 heavy (non-hydrogen) atoms. The van der Waals surface area contributed by atoms with Gasteiger partial charge in [0, 0.05) is 31.1 Å². The van der Waals surface area contributed by atoms with Crippen LogP contribution in [0.25, 0.3) is 0 Å². The highest BCUT2D eigenvalue weighted by Gasteiger charge is 2.50. The maximum atomic E-state index is 12.6. The number of nitrogens with one attached hydrogen (secondary N) is 2. The fraction of sp³-hybridized carbons (Fsp3) is 0.688. The first-order chi connectivity index (χ1) is 12.6. The molecule has 12 heteroatoms. The van der Waals surface area contributed by atoms with Gasteiger partial charge in [0.05, 0.1) is 6.04 Å². The van der Waals surface area contributed by atoms with Gasteiger partial charge in [-0.3, -0.25) is 4.99 Å². The van der Waals surface area contributed by atoms with E-state index in [9.17, 15) is 21.6 Å². The second-order valence-electron chi connectivity index (χ2n) is 6.39. The van der Waals surface area contributed by atoms with Crippen LogP contribution in [-0.4, -0.2) is 50.4 Å². The molecule has 0 aliphatic carbocycles.